The van der Waals surface area contributed by atoms with Crippen molar-refractivity contribution >= 4 is 46.5 Å². The highest BCUT2D eigenvalue weighted by atomic mass is 19.1. The third-order valence-corrected chi connectivity index (χ3v) is 6.97. The van der Waals surface area contributed by atoms with E-state index in [1.807, 2.05) is 0 Å². The van der Waals surface area contributed by atoms with Crippen LogP contribution in [-0.4, -0.2) is 41.6 Å². The second-order valence-electron chi connectivity index (χ2n) is 9.47. The molecule has 3 aromatic heterocycles. The second-order valence-corrected chi connectivity index (χ2v) is 9.47. The lowest BCUT2D eigenvalue weighted by Gasteiger charge is -2.17. The number of hydrogen-bond acceptors (Lipinski definition) is 8. The zero-order chi connectivity index (χ0) is 30.2. The van der Waals surface area contributed by atoms with Gasteiger partial charge in [0.25, 0.3) is 5.56 Å². The van der Waals surface area contributed by atoms with Gasteiger partial charge in [0.15, 0.2) is 23.1 Å². The van der Waals surface area contributed by atoms with Crippen molar-refractivity contribution in [2.24, 2.45) is 0 Å². The topological polar surface area (TPSA) is 100 Å². The van der Waals surface area contributed by atoms with Crippen LogP contribution in [0, 0.1) is 18.6 Å². The van der Waals surface area contributed by atoms with Gasteiger partial charge < -0.3 is 19.5 Å². The monoisotopic (exact) mass is 577 g/mol. The molecule has 0 unspecified atom stereocenters. The summed E-state index contributed by atoms with van der Waals surface area (Å²) in [5.74, 6) is -0.0264. The first kappa shape index (κ1) is 27.6. The third kappa shape index (κ3) is 4.96. The van der Waals surface area contributed by atoms with Gasteiger partial charge >= 0.3 is 0 Å². The predicted octanol–water partition coefficient (Wildman–Crippen LogP) is 5.26. The van der Waals surface area contributed by atoms with Crippen LogP contribution in [0.5, 0.6) is 23.1 Å². The van der Waals surface area contributed by atoms with Crippen LogP contribution in [0.15, 0.2) is 78.0 Å². The van der Waals surface area contributed by atoms with Crippen LogP contribution in [0.1, 0.15) is 5.69 Å². The lowest BCUT2D eigenvalue weighted by molar-refractivity contribution is 0.355. The molecule has 0 saturated heterocycles. The molecule has 2 radical (unpaired) electrons. The Kier molecular flexibility index (Phi) is 7.10. The predicted molar refractivity (Wildman–Crippen MR) is 160 cm³/mol. The van der Waals surface area contributed by atoms with Gasteiger partial charge in [0.1, 0.15) is 25.8 Å². The number of pyridine rings is 2. The van der Waals surface area contributed by atoms with Crippen molar-refractivity contribution in [2.75, 3.05) is 19.5 Å². The van der Waals surface area contributed by atoms with Gasteiger partial charge in [-0.3, -0.25) is 9.36 Å². The Labute approximate surface area is 245 Å². The molecule has 0 amide bonds. The van der Waals surface area contributed by atoms with Crippen molar-refractivity contribution in [3.05, 3.63) is 101 Å². The fourth-order valence-corrected chi connectivity index (χ4v) is 4.82. The van der Waals surface area contributed by atoms with Crippen LogP contribution in [0.2, 0.25) is 0 Å². The van der Waals surface area contributed by atoms with Crippen molar-refractivity contribution < 1.29 is 23.0 Å². The van der Waals surface area contributed by atoms with Gasteiger partial charge in [-0.1, -0.05) is 5.46 Å². The lowest BCUT2D eigenvalue weighted by Crippen LogP contribution is -2.29. The lowest BCUT2D eigenvalue weighted by atomic mass is 9.89. The molecular weight excluding hydrogens is 555 g/mol. The summed E-state index contributed by atoms with van der Waals surface area (Å²) in [5, 5.41) is 4.17. The summed E-state index contributed by atoms with van der Waals surface area (Å²) < 4.78 is 46.8. The number of nitrogens with one attached hydrogen (secondary N) is 1. The summed E-state index contributed by atoms with van der Waals surface area (Å²) in [6.45, 7) is 1.70. The van der Waals surface area contributed by atoms with Crippen LogP contribution in [0.25, 0.3) is 27.4 Å². The summed E-state index contributed by atoms with van der Waals surface area (Å²) >= 11 is 0. The summed E-state index contributed by atoms with van der Waals surface area (Å²) in [5.41, 5.74) is 1.67. The minimum atomic E-state index is -0.698. The number of hydrogen-bond donors (Lipinski definition) is 1. The Morgan fingerprint density at radius 3 is 2.33 bits per heavy atom. The van der Waals surface area contributed by atoms with Crippen LogP contribution < -0.4 is 30.5 Å². The van der Waals surface area contributed by atoms with Crippen molar-refractivity contribution in [1.29, 1.82) is 0 Å². The van der Waals surface area contributed by atoms with E-state index in [1.165, 1.54) is 67.7 Å². The van der Waals surface area contributed by atoms with Crippen molar-refractivity contribution in [3.8, 4) is 28.8 Å². The molecule has 6 aromatic rings. The van der Waals surface area contributed by atoms with E-state index in [2.05, 4.69) is 20.3 Å². The number of aromatic nitrogens is 4. The summed E-state index contributed by atoms with van der Waals surface area (Å²) in [6, 6.07) is 14.6. The van der Waals surface area contributed by atoms with E-state index in [1.54, 1.807) is 31.2 Å². The fraction of sp³-hybridized carbons (Fsp3) is 0.0968. The average Bonchev–Trinajstić information content (AvgIpc) is 3.01. The van der Waals surface area contributed by atoms with E-state index in [0.29, 0.717) is 50.3 Å². The summed E-state index contributed by atoms with van der Waals surface area (Å²) in [4.78, 5) is 26.5. The minimum Gasteiger partial charge on any atom is -0.493 e. The minimum absolute atomic E-state index is 0.0928. The van der Waals surface area contributed by atoms with E-state index in [0.717, 1.165) is 0 Å². The zero-order valence-electron chi connectivity index (χ0n) is 23.2. The van der Waals surface area contributed by atoms with Crippen LogP contribution in [0.3, 0.4) is 0 Å². The number of methoxy groups -OCH3 is 2. The molecule has 0 bridgehead atoms. The van der Waals surface area contributed by atoms with Crippen molar-refractivity contribution in [2.45, 2.75) is 6.92 Å². The van der Waals surface area contributed by atoms with Gasteiger partial charge in [0.05, 0.1) is 30.5 Å². The number of benzene rings is 3. The van der Waals surface area contributed by atoms with E-state index in [4.69, 9.17) is 22.1 Å². The fourth-order valence-electron chi connectivity index (χ4n) is 4.82. The SMILES string of the molecule is [B]c1c(C)n(-c2ccc(F)cc2)c(=O)c2c(Nc3ccc(Oc4ncnc5cc(OC)c(OC)cc45)c(F)c3)nccc12. The van der Waals surface area contributed by atoms with Gasteiger partial charge in [-0.15, -0.1) is 0 Å². The number of ether oxygens (including phenoxy) is 3. The van der Waals surface area contributed by atoms with Crippen LogP contribution >= 0.6 is 0 Å². The largest absolute Gasteiger partial charge is 0.493 e. The molecule has 0 aliphatic rings. The molecule has 212 valence electrons. The smallest absolute Gasteiger partial charge is 0.266 e. The Bertz CT molecular complexity index is 2090. The molecule has 43 heavy (non-hydrogen) atoms. The molecule has 0 aliphatic heterocycles. The first-order chi connectivity index (χ1) is 20.8. The first-order valence-electron chi connectivity index (χ1n) is 13.0. The molecule has 3 heterocycles. The van der Waals surface area contributed by atoms with Gasteiger partial charge in [0, 0.05) is 35.4 Å². The second kappa shape index (κ2) is 11.0. The zero-order valence-corrected chi connectivity index (χ0v) is 23.2. The molecule has 6 rings (SSSR count). The number of anilines is 2. The summed E-state index contributed by atoms with van der Waals surface area (Å²) in [6.07, 6.45) is 2.80. The molecule has 0 atom stereocenters. The van der Waals surface area contributed by atoms with E-state index < -0.39 is 17.2 Å². The molecule has 1 N–H and O–H groups in total. The normalized spacial score (nSPS) is 11.1. The van der Waals surface area contributed by atoms with Gasteiger partial charge in [-0.25, -0.2) is 23.7 Å². The highest BCUT2D eigenvalue weighted by Gasteiger charge is 2.18. The maximum Gasteiger partial charge on any atom is 0.266 e. The number of rotatable bonds is 7. The molecule has 0 fully saturated rings. The molecule has 12 heteroatoms. The highest BCUT2D eigenvalue weighted by Crippen LogP contribution is 2.36. The van der Waals surface area contributed by atoms with Crippen molar-refractivity contribution in [1.82, 2.24) is 19.5 Å². The Morgan fingerprint density at radius 1 is 0.860 bits per heavy atom. The van der Waals surface area contributed by atoms with Gasteiger partial charge in [-0.2, -0.15) is 0 Å². The Balaban J connectivity index is 1.36. The molecule has 9 nitrogen and oxygen atoms in total. The summed E-state index contributed by atoms with van der Waals surface area (Å²) in [7, 11) is 9.43. The molecule has 0 aliphatic carbocycles. The molecule has 0 saturated carbocycles. The van der Waals surface area contributed by atoms with E-state index in [-0.39, 0.29) is 22.8 Å². The molecular formula is C31H22BF2N5O4. The quantitative estimate of drug-likeness (QED) is 0.257. The molecule has 3 aromatic carbocycles. The van der Waals surface area contributed by atoms with E-state index in [9.17, 15) is 9.18 Å². The first-order valence-corrected chi connectivity index (χ1v) is 13.0. The third-order valence-electron chi connectivity index (χ3n) is 6.97. The molecule has 0 spiro atoms. The number of nitrogens with zero attached hydrogens (tertiary/aromatic N) is 4. The highest BCUT2D eigenvalue weighted by molar-refractivity contribution is 6.40. The number of halogens is 2. The van der Waals surface area contributed by atoms with E-state index >= 15 is 4.39 Å². The van der Waals surface area contributed by atoms with Crippen molar-refractivity contribution in [3.63, 3.8) is 0 Å². The van der Waals surface area contributed by atoms with Gasteiger partial charge in [0.2, 0.25) is 5.88 Å². The Hall–Kier alpha value is -5.52. The van der Waals surface area contributed by atoms with Crippen LogP contribution in [-0.2, 0) is 0 Å². The number of fused-ring (bicyclic) bond motifs is 2. The van der Waals surface area contributed by atoms with Gasteiger partial charge in [-0.05, 0) is 60.8 Å². The maximum absolute atomic E-state index is 15.3. The average molecular weight is 577 g/mol. The standard InChI is InChI=1S/C31H22BF2N5O4/c1-16-28(32)20-10-11-35-29(27(20)31(40)39(16)19-7-4-17(33)5-8-19)38-18-6-9-24(22(34)12-18)43-30-21-13-25(41-2)26(42-3)14-23(21)36-15-37-30/h4-15H,1-3H3,(H,35,38). The maximum atomic E-state index is 15.3. The van der Waals surface area contributed by atoms with Crippen LogP contribution in [0.4, 0.5) is 20.3 Å². The Morgan fingerprint density at radius 2 is 1.60 bits per heavy atom.